The molecule has 1 aliphatic rings. The highest BCUT2D eigenvalue weighted by Gasteiger charge is 2.27. The molecule has 1 heterocycles. The van der Waals surface area contributed by atoms with Crippen molar-refractivity contribution in [3.05, 3.63) is 58.3 Å². The van der Waals surface area contributed by atoms with Crippen LogP contribution in [-0.4, -0.2) is 26.0 Å². The first-order valence-electron chi connectivity index (χ1n) is 7.27. The second-order valence-electron chi connectivity index (χ2n) is 5.24. The van der Waals surface area contributed by atoms with Crippen LogP contribution in [0.2, 0.25) is 0 Å². The molecule has 6 nitrogen and oxygen atoms in total. The van der Waals surface area contributed by atoms with Gasteiger partial charge in [0.25, 0.3) is 0 Å². The summed E-state index contributed by atoms with van der Waals surface area (Å²) in [5.74, 6) is 1.26. The molecule has 1 N–H and O–H groups in total. The Hall–Kier alpha value is -2.28. The van der Waals surface area contributed by atoms with Crippen LogP contribution >= 0.6 is 0 Å². The average Bonchev–Trinajstić information content (AvgIpc) is 2.59. The van der Waals surface area contributed by atoms with Crippen molar-refractivity contribution in [3.63, 3.8) is 0 Å². The molecule has 1 aliphatic heterocycles. The maximum atomic E-state index is 11.4. The first kappa shape index (κ1) is 15.6. The molecule has 0 amide bonds. The highest BCUT2D eigenvalue weighted by molar-refractivity contribution is 5.58. The van der Waals surface area contributed by atoms with E-state index < -0.39 is 6.10 Å². The normalized spacial score (nSPS) is 16.6. The minimum absolute atomic E-state index is 0.131. The Balaban J connectivity index is 2.12. The van der Waals surface area contributed by atoms with Gasteiger partial charge in [0, 0.05) is 5.56 Å². The topological polar surface area (TPSA) is 74.2 Å². The molecule has 0 fully saturated rings. The summed E-state index contributed by atoms with van der Waals surface area (Å²) in [5.41, 5.74) is 2.76. The summed E-state index contributed by atoms with van der Waals surface area (Å²) in [7, 11) is 3.17. The lowest BCUT2D eigenvalue weighted by molar-refractivity contribution is 0.0692. The molecule has 0 aliphatic carbocycles. The molecule has 0 aromatic heterocycles. The Kier molecular flexibility index (Phi) is 4.38. The van der Waals surface area contributed by atoms with Crippen molar-refractivity contribution in [2.75, 3.05) is 26.1 Å². The molecule has 0 spiro atoms. The van der Waals surface area contributed by atoms with Crippen molar-refractivity contribution >= 4 is 5.69 Å². The number of fused-ring (bicyclic) bond motifs is 1. The van der Waals surface area contributed by atoms with Crippen LogP contribution in [0.3, 0.4) is 0 Å². The van der Waals surface area contributed by atoms with Gasteiger partial charge in [-0.25, -0.2) is 0 Å². The van der Waals surface area contributed by atoms with Gasteiger partial charge in [-0.15, -0.1) is 0 Å². The lowest BCUT2D eigenvalue weighted by Gasteiger charge is -2.32. The zero-order chi connectivity index (χ0) is 16.4. The summed E-state index contributed by atoms with van der Waals surface area (Å²) in [6.07, 6.45) is 0.299. The van der Waals surface area contributed by atoms with Crippen molar-refractivity contribution < 1.29 is 19.4 Å². The fourth-order valence-corrected chi connectivity index (χ4v) is 2.91. The first-order valence-corrected chi connectivity index (χ1v) is 7.27. The molecule has 3 rings (SSSR count). The summed E-state index contributed by atoms with van der Waals surface area (Å²) in [4.78, 5) is 0. The standard InChI is InChI=1S/C17H18NO5/c1-21-15-9-11-7-8-23-17(13(11)10-16(15)22-2)12-5-3-4-6-14(12)18(19)20/h3-6,9-10,17,19H,7-8H2,1-2H3/q-1/t17-/m0/s1. The second-order valence-corrected chi connectivity index (χ2v) is 5.24. The molecule has 0 saturated carbocycles. The predicted octanol–water partition coefficient (Wildman–Crippen LogP) is 3.06. The highest BCUT2D eigenvalue weighted by atomic mass is 16.8. The number of benzene rings is 2. The summed E-state index contributed by atoms with van der Waals surface area (Å²) in [6.45, 7) is 0.520. The summed E-state index contributed by atoms with van der Waals surface area (Å²) >= 11 is 0. The van der Waals surface area contributed by atoms with E-state index in [9.17, 15) is 10.4 Å². The van der Waals surface area contributed by atoms with Crippen molar-refractivity contribution in [1.82, 2.24) is 0 Å². The zero-order valence-electron chi connectivity index (χ0n) is 13.0. The SMILES string of the molecule is COc1cc2c(cc1OC)[C@H](c1ccccc1N([O-])O)OCC2. The van der Waals surface area contributed by atoms with E-state index >= 15 is 0 Å². The van der Waals surface area contributed by atoms with Crippen LogP contribution in [-0.2, 0) is 11.2 Å². The fourth-order valence-electron chi connectivity index (χ4n) is 2.91. The van der Waals surface area contributed by atoms with Crippen LogP contribution < -0.4 is 14.7 Å². The van der Waals surface area contributed by atoms with Crippen molar-refractivity contribution in [1.29, 1.82) is 0 Å². The molecule has 2 aromatic rings. The van der Waals surface area contributed by atoms with E-state index in [-0.39, 0.29) is 10.9 Å². The van der Waals surface area contributed by atoms with Crippen molar-refractivity contribution in [2.45, 2.75) is 12.5 Å². The minimum Gasteiger partial charge on any atom is -0.733 e. The van der Waals surface area contributed by atoms with E-state index in [4.69, 9.17) is 14.2 Å². The minimum atomic E-state index is -0.446. The number of hydrogen-bond donors (Lipinski definition) is 1. The number of ether oxygens (including phenoxy) is 3. The van der Waals surface area contributed by atoms with Gasteiger partial charge in [-0.1, -0.05) is 18.2 Å². The van der Waals surface area contributed by atoms with E-state index in [0.717, 1.165) is 17.5 Å². The molecule has 0 unspecified atom stereocenters. The van der Waals surface area contributed by atoms with E-state index in [1.807, 2.05) is 12.1 Å². The van der Waals surface area contributed by atoms with Crippen molar-refractivity contribution in [2.24, 2.45) is 0 Å². The smallest absolute Gasteiger partial charge is 0.161 e. The Labute approximate surface area is 134 Å². The van der Waals surface area contributed by atoms with Gasteiger partial charge in [0.1, 0.15) is 6.10 Å². The van der Waals surface area contributed by atoms with Crippen LogP contribution in [0.15, 0.2) is 36.4 Å². The third-order valence-electron chi connectivity index (χ3n) is 4.01. The molecule has 0 saturated heterocycles. The van der Waals surface area contributed by atoms with Gasteiger partial charge in [-0.2, -0.15) is 0 Å². The Bertz CT molecular complexity index is 701. The lowest BCUT2D eigenvalue weighted by atomic mass is 9.91. The number of rotatable bonds is 4. The largest absolute Gasteiger partial charge is 0.733 e. The van der Waals surface area contributed by atoms with Gasteiger partial charge >= 0.3 is 0 Å². The third-order valence-corrected chi connectivity index (χ3v) is 4.01. The van der Waals surface area contributed by atoms with Gasteiger partial charge in [-0.3, -0.25) is 5.21 Å². The van der Waals surface area contributed by atoms with E-state index in [1.165, 1.54) is 0 Å². The molecule has 1 atom stereocenters. The van der Waals surface area contributed by atoms with Gasteiger partial charge in [0.15, 0.2) is 11.5 Å². The van der Waals surface area contributed by atoms with Gasteiger partial charge < -0.3 is 24.6 Å². The summed E-state index contributed by atoms with van der Waals surface area (Å²) in [6, 6.07) is 10.6. The molecular formula is C17H18NO5-. The number of para-hydroxylation sites is 1. The second kappa shape index (κ2) is 6.45. The predicted molar refractivity (Wildman–Crippen MR) is 85.1 cm³/mol. The monoisotopic (exact) mass is 316 g/mol. The maximum absolute atomic E-state index is 11.4. The zero-order valence-corrected chi connectivity index (χ0v) is 13.0. The van der Waals surface area contributed by atoms with Gasteiger partial charge in [-0.05, 0) is 35.7 Å². The molecule has 2 aromatic carbocycles. The first-order chi connectivity index (χ1) is 11.2. The Morgan fingerprint density at radius 3 is 2.52 bits per heavy atom. The molecule has 23 heavy (non-hydrogen) atoms. The van der Waals surface area contributed by atoms with E-state index in [0.29, 0.717) is 23.7 Å². The summed E-state index contributed by atoms with van der Waals surface area (Å²) < 4.78 is 16.6. The summed E-state index contributed by atoms with van der Waals surface area (Å²) in [5, 5.41) is 20.6. The molecule has 6 heteroatoms. The maximum Gasteiger partial charge on any atom is 0.161 e. The Morgan fingerprint density at radius 1 is 1.13 bits per heavy atom. The quantitative estimate of drug-likeness (QED) is 0.874. The van der Waals surface area contributed by atoms with Crippen LogP contribution in [0.4, 0.5) is 5.69 Å². The third kappa shape index (κ3) is 2.84. The molecule has 0 radical (unpaired) electrons. The van der Waals surface area contributed by atoms with E-state index in [1.54, 1.807) is 38.5 Å². The Morgan fingerprint density at radius 2 is 1.83 bits per heavy atom. The van der Waals surface area contributed by atoms with Crippen LogP contribution in [0.25, 0.3) is 0 Å². The molecular weight excluding hydrogens is 298 g/mol. The lowest BCUT2D eigenvalue weighted by Crippen LogP contribution is -2.20. The fraction of sp³-hybridized carbons (Fsp3) is 0.294. The average molecular weight is 316 g/mol. The van der Waals surface area contributed by atoms with Crippen LogP contribution in [0, 0.1) is 5.21 Å². The van der Waals surface area contributed by atoms with E-state index in [2.05, 4.69) is 0 Å². The molecule has 0 bridgehead atoms. The number of methoxy groups -OCH3 is 2. The van der Waals surface area contributed by atoms with Crippen LogP contribution in [0.1, 0.15) is 22.8 Å². The molecule has 122 valence electrons. The van der Waals surface area contributed by atoms with Crippen molar-refractivity contribution in [3.8, 4) is 11.5 Å². The van der Waals surface area contributed by atoms with Gasteiger partial charge in [0.05, 0.1) is 26.5 Å². The van der Waals surface area contributed by atoms with Crippen LogP contribution in [0.5, 0.6) is 11.5 Å². The highest BCUT2D eigenvalue weighted by Crippen LogP contribution is 2.41. The van der Waals surface area contributed by atoms with Gasteiger partial charge in [0.2, 0.25) is 0 Å². The number of hydrogen-bond acceptors (Lipinski definition) is 6. The number of anilines is 1. The number of nitrogens with zero attached hydrogens (tertiary/aromatic N) is 1.